The van der Waals surface area contributed by atoms with E-state index >= 15 is 0 Å². The molecule has 0 radical (unpaired) electrons. The van der Waals surface area contributed by atoms with Crippen LogP contribution in [0.2, 0.25) is 0 Å². The number of para-hydroxylation sites is 1. The fourth-order valence-electron chi connectivity index (χ4n) is 2.19. The summed E-state index contributed by atoms with van der Waals surface area (Å²) < 4.78 is 0. The third kappa shape index (κ3) is 1.93. The lowest BCUT2D eigenvalue weighted by Crippen LogP contribution is -1.92. The van der Waals surface area contributed by atoms with Gasteiger partial charge >= 0.3 is 0 Å². The van der Waals surface area contributed by atoms with Crippen LogP contribution in [0.1, 0.15) is 0 Å². The first kappa shape index (κ1) is 11.3. The van der Waals surface area contributed by atoms with Gasteiger partial charge in [0.25, 0.3) is 5.69 Å². The van der Waals surface area contributed by atoms with Gasteiger partial charge in [0.05, 0.1) is 10.5 Å². The highest BCUT2D eigenvalue weighted by atomic mass is 16.6. The van der Waals surface area contributed by atoms with E-state index in [0.717, 1.165) is 16.3 Å². The average Bonchev–Trinajstić information content (AvgIpc) is 2.46. The third-order valence-electron chi connectivity index (χ3n) is 3.06. The second-order valence-corrected chi connectivity index (χ2v) is 4.18. The molecule has 3 rings (SSSR count). The van der Waals surface area contributed by atoms with Crippen LogP contribution < -0.4 is 0 Å². The van der Waals surface area contributed by atoms with Crippen LogP contribution in [0, 0.1) is 10.1 Å². The minimum absolute atomic E-state index is 0.0978. The van der Waals surface area contributed by atoms with E-state index in [-0.39, 0.29) is 10.6 Å². The maximum atomic E-state index is 11.1. The molecule has 0 aliphatic rings. The molecule has 4 nitrogen and oxygen atoms in total. The Balaban J connectivity index is 2.34. The van der Waals surface area contributed by atoms with E-state index in [1.165, 1.54) is 6.07 Å². The zero-order chi connectivity index (χ0) is 13.2. The Hall–Kier alpha value is -2.75. The van der Waals surface area contributed by atoms with Crippen LogP contribution in [0.3, 0.4) is 0 Å². The minimum Gasteiger partial charge on any atom is -0.263 e. The Kier molecular flexibility index (Phi) is 2.68. The van der Waals surface area contributed by atoms with Crippen molar-refractivity contribution in [1.82, 2.24) is 4.98 Å². The molecule has 19 heavy (non-hydrogen) atoms. The highest BCUT2D eigenvalue weighted by molar-refractivity contribution is 5.97. The van der Waals surface area contributed by atoms with Gasteiger partial charge in [-0.3, -0.25) is 15.1 Å². The SMILES string of the molecule is O=[N+]([O-])c1ccccc1-c1cncc2ccccc12. The number of nitrogens with zero attached hydrogens (tertiary/aromatic N) is 2. The molecular formula is C15H10N2O2. The standard InChI is InChI=1S/C15H10N2O2/c18-17(19)15-8-4-3-7-13(15)14-10-16-9-11-5-1-2-6-12(11)14/h1-10H. The summed E-state index contributed by atoms with van der Waals surface area (Å²) in [5, 5.41) is 13.1. The Labute approximate surface area is 109 Å². The lowest BCUT2D eigenvalue weighted by molar-refractivity contribution is -0.384. The second-order valence-electron chi connectivity index (χ2n) is 4.18. The molecule has 0 aliphatic heterocycles. The molecule has 0 bridgehead atoms. The molecule has 1 aromatic heterocycles. The molecule has 92 valence electrons. The van der Waals surface area contributed by atoms with Crippen molar-refractivity contribution in [2.45, 2.75) is 0 Å². The number of aromatic nitrogens is 1. The molecule has 0 unspecified atom stereocenters. The van der Waals surface area contributed by atoms with Crippen LogP contribution in [-0.4, -0.2) is 9.91 Å². The number of pyridine rings is 1. The van der Waals surface area contributed by atoms with Crippen molar-refractivity contribution in [2.24, 2.45) is 0 Å². The molecule has 0 fully saturated rings. The molecule has 0 spiro atoms. The topological polar surface area (TPSA) is 56.0 Å². The van der Waals surface area contributed by atoms with Gasteiger partial charge in [-0.2, -0.15) is 0 Å². The summed E-state index contributed by atoms with van der Waals surface area (Å²) in [7, 11) is 0. The minimum atomic E-state index is -0.364. The molecule has 3 aromatic rings. The first-order valence-corrected chi connectivity index (χ1v) is 5.84. The average molecular weight is 250 g/mol. The van der Waals surface area contributed by atoms with E-state index in [4.69, 9.17) is 0 Å². The fourth-order valence-corrected chi connectivity index (χ4v) is 2.19. The molecule has 0 saturated carbocycles. The quantitative estimate of drug-likeness (QED) is 0.513. The zero-order valence-corrected chi connectivity index (χ0v) is 9.98. The Morgan fingerprint density at radius 1 is 0.895 bits per heavy atom. The molecule has 0 N–H and O–H groups in total. The highest BCUT2D eigenvalue weighted by Gasteiger charge is 2.16. The van der Waals surface area contributed by atoms with E-state index < -0.39 is 0 Å². The Morgan fingerprint density at radius 3 is 2.47 bits per heavy atom. The molecule has 0 saturated heterocycles. The molecular weight excluding hydrogens is 240 g/mol. The maximum absolute atomic E-state index is 11.1. The van der Waals surface area contributed by atoms with Gasteiger partial charge < -0.3 is 0 Å². The third-order valence-corrected chi connectivity index (χ3v) is 3.06. The molecule has 0 aliphatic carbocycles. The number of hydrogen-bond donors (Lipinski definition) is 0. The Bertz CT molecular complexity index is 763. The summed E-state index contributed by atoms with van der Waals surface area (Å²) >= 11 is 0. The summed E-state index contributed by atoms with van der Waals surface area (Å²) in [4.78, 5) is 14.9. The highest BCUT2D eigenvalue weighted by Crippen LogP contribution is 2.33. The number of fused-ring (bicyclic) bond motifs is 1. The summed E-state index contributed by atoms with van der Waals surface area (Å²) in [5.41, 5.74) is 1.47. The van der Waals surface area contributed by atoms with Crippen molar-refractivity contribution < 1.29 is 4.92 Å². The van der Waals surface area contributed by atoms with Gasteiger partial charge in [-0.1, -0.05) is 36.4 Å². The van der Waals surface area contributed by atoms with Crippen LogP contribution in [0.5, 0.6) is 0 Å². The van der Waals surface area contributed by atoms with Gasteiger partial charge in [-0.25, -0.2) is 0 Å². The van der Waals surface area contributed by atoms with Crippen LogP contribution in [0.25, 0.3) is 21.9 Å². The first-order chi connectivity index (χ1) is 9.27. The number of rotatable bonds is 2. The lowest BCUT2D eigenvalue weighted by atomic mass is 10.00. The van der Waals surface area contributed by atoms with Crippen LogP contribution in [0.15, 0.2) is 60.9 Å². The van der Waals surface area contributed by atoms with Gasteiger partial charge in [0.2, 0.25) is 0 Å². The largest absolute Gasteiger partial charge is 0.277 e. The lowest BCUT2D eigenvalue weighted by Gasteiger charge is -2.06. The first-order valence-electron chi connectivity index (χ1n) is 5.84. The van der Waals surface area contributed by atoms with Crippen LogP contribution in [-0.2, 0) is 0 Å². The van der Waals surface area contributed by atoms with Crippen molar-refractivity contribution in [2.75, 3.05) is 0 Å². The van der Waals surface area contributed by atoms with E-state index in [2.05, 4.69) is 4.98 Å². The Morgan fingerprint density at radius 2 is 1.63 bits per heavy atom. The van der Waals surface area contributed by atoms with E-state index in [0.29, 0.717) is 5.56 Å². The predicted octanol–water partition coefficient (Wildman–Crippen LogP) is 3.81. The van der Waals surface area contributed by atoms with Crippen molar-refractivity contribution in [1.29, 1.82) is 0 Å². The number of hydrogen-bond acceptors (Lipinski definition) is 3. The van der Waals surface area contributed by atoms with Crippen LogP contribution >= 0.6 is 0 Å². The zero-order valence-electron chi connectivity index (χ0n) is 9.98. The van der Waals surface area contributed by atoms with Gasteiger partial charge in [-0.15, -0.1) is 0 Å². The van der Waals surface area contributed by atoms with Gasteiger partial charge in [-0.05, 0) is 11.5 Å². The second kappa shape index (κ2) is 4.49. The van der Waals surface area contributed by atoms with Crippen molar-refractivity contribution in [3.8, 4) is 11.1 Å². The number of nitro benzene ring substituents is 1. The normalized spacial score (nSPS) is 10.5. The molecule has 2 aromatic carbocycles. The van der Waals surface area contributed by atoms with Crippen molar-refractivity contribution >= 4 is 16.5 Å². The summed E-state index contributed by atoms with van der Waals surface area (Å²) in [5.74, 6) is 0. The van der Waals surface area contributed by atoms with Crippen molar-refractivity contribution in [3.63, 3.8) is 0 Å². The van der Waals surface area contributed by atoms with E-state index in [1.807, 2.05) is 24.3 Å². The van der Waals surface area contributed by atoms with E-state index in [1.54, 1.807) is 30.6 Å². The number of nitro groups is 1. The smallest absolute Gasteiger partial charge is 0.263 e. The maximum Gasteiger partial charge on any atom is 0.277 e. The summed E-state index contributed by atoms with van der Waals surface area (Å²) in [6.07, 6.45) is 3.43. The predicted molar refractivity (Wildman–Crippen MR) is 73.8 cm³/mol. The van der Waals surface area contributed by atoms with Crippen molar-refractivity contribution in [3.05, 3.63) is 71.0 Å². The van der Waals surface area contributed by atoms with Gasteiger partial charge in [0, 0.05) is 29.4 Å². The van der Waals surface area contributed by atoms with Gasteiger partial charge in [0.15, 0.2) is 0 Å². The van der Waals surface area contributed by atoms with Gasteiger partial charge in [0.1, 0.15) is 0 Å². The molecule has 1 heterocycles. The monoisotopic (exact) mass is 250 g/mol. The molecule has 0 amide bonds. The summed E-state index contributed by atoms with van der Waals surface area (Å²) in [6.45, 7) is 0. The number of benzene rings is 2. The summed E-state index contributed by atoms with van der Waals surface area (Å²) in [6, 6.07) is 14.5. The van der Waals surface area contributed by atoms with Crippen LogP contribution in [0.4, 0.5) is 5.69 Å². The van der Waals surface area contributed by atoms with E-state index in [9.17, 15) is 10.1 Å². The fraction of sp³-hybridized carbons (Fsp3) is 0. The molecule has 0 atom stereocenters. The molecule has 4 heteroatoms.